The highest BCUT2D eigenvalue weighted by molar-refractivity contribution is 7.89. The fraction of sp³-hybridized carbons (Fsp3) is 0.250. The average Bonchev–Trinajstić information content (AvgIpc) is 2.67. The molecule has 4 nitrogen and oxygen atoms in total. The van der Waals surface area contributed by atoms with Crippen LogP contribution in [0.5, 0.6) is 0 Å². The lowest BCUT2D eigenvalue weighted by Gasteiger charge is -2.25. The fourth-order valence-corrected chi connectivity index (χ4v) is 3.25. The number of rotatable bonds is 2. The number of benzene rings is 1. The molecule has 1 heterocycles. The van der Waals surface area contributed by atoms with Crippen molar-refractivity contribution in [2.75, 3.05) is 0 Å². The van der Waals surface area contributed by atoms with Gasteiger partial charge in [-0.25, -0.2) is 17.2 Å². The quantitative estimate of drug-likeness (QED) is 0.616. The van der Waals surface area contributed by atoms with Gasteiger partial charge in [-0.1, -0.05) is 17.7 Å². The van der Waals surface area contributed by atoms with E-state index in [0.29, 0.717) is 12.2 Å². The summed E-state index contributed by atoms with van der Waals surface area (Å²) in [6.45, 7) is 1.75. The van der Waals surface area contributed by atoms with Gasteiger partial charge in [-0.05, 0) is 31.2 Å². The Balaban J connectivity index is 2.51. The number of alkyl halides is 2. The summed E-state index contributed by atoms with van der Waals surface area (Å²) in [7, 11) is -4.43. The molecule has 0 saturated carbocycles. The van der Waals surface area contributed by atoms with Crippen molar-refractivity contribution >= 4 is 10.0 Å². The number of aryl methyl sites for hydroxylation is 1. The molecule has 100 valence electrons. The van der Waals surface area contributed by atoms with E-state index < -0.39 is 22.1 Å². The van der Waals surface area contributed by atoms with Crippen molar-refractivity contribution in [1.29, 1.82) is 5.26 Å². The van der Waals surface area contributed by atoms with Gasteiger partial charge in [0.05, 0.1) is 4.90 Å². The van der Waals surface area contributed by atoms with Crippen molar-refractivity contribution in [3.05, 3.63) is 42.0 Å². The van der Waals surface area contributed by atoms with Crippen molar-refractivity contribution in [2.45, 2.75) is 23.9 Å². The summed E-state index contributed by atoms with van der Waals surface area (Å²) in [5, 5.41) is 8.72. The third-order valence-corrected chi connectivity index (χ3v) is 4.61. The summed E-state index contributed by atoms with van der Waals surface area (Å²) in [4.78, 5) is -0.262. The number of sulfonamides is 1. The van der Waals surface area contributed by atoms with E-state index in [-0.39, 0.29) is 9.20 Å². The van der Waals surface area contributed by atoms with Crippen LogP contribution in [0, 0.1) is 18.3 Å². The van der Waals surface area contributed by atoms with Crippen LogP contribution in [-0.2, 0) is 10.0 Å². The number of hydrogen-bond donors (Lipinski definition) is 0. The van der Waals surface area contributed by atoms with Gasteiger partial charge in [-0.15, -0.1) is 4.31 Å². The molecule has 0 saturated heterocycles. The predicted octanol–water partition coefficient (Wildman–Crippen LogP) is 2.04. The average molecular weight is 284 g/mol. The second-order valence-electron chi connectivity index (χ2n) is 4.13. The Bertz CT molecular complexity index is 664. The SMILES string of the molecule is Cc1ccc(S(=O)(=O)N2[C@@H](F)C=C[C@@]2(F)C#N)cc1. The molecular formula is C12H10F2N2O2S. The van der Waals surface area contributed by atoms with E-state index in [9.17, 15) is 17.2 Å². The lowest BCUT2D eigenvalue weighted by Crippen LogP contribution is -2.46. The topological polar surface area (TPSA) is 61.2 Å². The second kappa shape index (κ2) is 4.40. The lowest BCUT2D eigenvalue weighted by atomic mass is 10.2. The van der Waals surface area contributed by atoms with Crippen molar-refractivity contribution in [3.8, 4) is 6.07 Å². The smallest absolute Gasteiger partial charge is 0.224 e. The first-order valence-electron chi connectivity index (χ1n) is 5.36. The van der Waals surface area contributed by atoms with Crippen LogP contribution in [0.15, 0.2) is 41.3 Å². The van der Waals surface area contributed by atoms with Crippen LogP contribution in [0.3, 0.4) is 0 Å². The molecule has 0 unspecified atom stereocenters. The third kappa shape index (κ3) is 2.13. The van der Waals surface area contributed by atoms with Gasteiger partial charge in [0, 0.05) is 0 Å². The normalized spacial score (nSPS) is 27.4. The molecule has 0 fully saturated rings. The maximum Gasteiger partial charge on any atom is 0.285 e. The van der Waals surface area contributed by atoms with Crippen LogP contribution >= 0.6 is 0 Å². The second-order valence-corrected chi connectivity index (χ2v) is 5.95. The van der Waals surface area contributed by atoms with Crippen LogP contribution in [0.2, 0.25) is 0 Å². The van der Waals surface area contributed by atoms with Gasteiger partial charge in [0.2, 0.25) is 10.0 Å². The van der Waals surface area contributed by atoms with E-state index in [1.165, 1.54) is 24.3 Å². The van der Waals surface area contributed by atoms with E-state index in [4.69, 9.17) is 5.26 Å². The summed E-state index contributed by atoms with van der Waals surface area (Å²) in [5.41, 5.74) is 0.807. The van der Waals surface area contributed by atoms with E-state index in [0.717, 1.165) is 11.6 Å². The molecule has 0 amide bonds. The van der Waals surface area contributed by atoms with Gasteiger partial charge in [0.1, 0.15) is 6.07 Å². The van der Waals surface area contributed by atoms with Gasteiger partial charge in [0.25, 0.3) is 5.79 Å². The number of nitrogens with zero attached hydrogens (tertiary/aromatic N) is 2. The Morgan fingerprint density at radius 2 is 1.95 bits per heavy atom. The predicted molar refractivity (Wildman–Crippen MR) is 63.7 cm³/mol. The van der Waals surface area contributed by atoms with Crippen molar-refractivity contribution in [2.24, 2.45) is 0 Å². The molecule has 0 spiro atoms. The maximum atomic E-state index is 14.1. The van der Waals surface area contributed by atoms with Crippen LogP contribution < -0.4 is 0 Å². The summed E-state index contributed by atoms with van der Waals surface area (Å²) >= 11 is 0. The van der Waals surface area contributed by atoms with Crippen molar-refractivity contribution in [1.82, 2.24) is 4.31 Å². The molecule has 1 aliphatic rings. The van der Waals surface area contributed by atoms with Gasteiger partial charge >= 0.3 is 0 Å². The summed E-state index contributed by atoms with van der Waals surface area (Å²) in [6, 6.07) is 6.67. The zero-order valence-electron chi connectivity index (χ0n) is 9.92. The largest absolute Gasteiger partial charge is 0.285 e. The molecule has 0 aliphatic carbocycles. The molecule has 0 bridgehead atoms. The molecule has 1 aliphatic heterocycles. The Morgan fingerprint density at radius 1 is 1.37 bits per heavy atom. The molecule has 0 radical (unpaired) electrons. The monoisotopic (exact) mass is 284 g/mol. The number of hydrogen-bond acceptors (Lipinski definition) is 3. The van der Waals surface area contributed by atoms with Crippen LogP contribution in [0.4, 0.5) is 8.78 Å². The zero-order valence-corrected chi connectivity index (χ0v) is 10.7. The Kier molecular flexibility index (Phi) is 3.16. The van der Waals surface area contributed by atoms with Crippen LogP contribution in [-0.4, -0.2) is 24.8 Å². The third-order valence-electron chi connectivity index (χ3n) is 2.76. The van der Waals surface area contributed by atoms with E-state index in [1.807, 2.05) is 0 Å². The molecule has 7 heteroatoms. The zero-order chi connectivity index (χ0) is 14.3. The Morgan fingerprint density at radius 3 is 2.47 bits per heavy atom. The highest BCUT2D eigenvalue weighted by atomic mass is 32.2. The van der Waals surface area contributed by atoms with Crippen LogP contribution in [0.25, 0.3) is 0 Å². The highest BCUT2D eigenvalue weighted by Gasteiger charge is 2.51. The van der Waals surface area contributed by atoms with Gasteiger partial charge in [-0.3, -0.25) is 0 Å². The number of nitriles is 1. The standard InChI is InChI=1S/C12H10F2N2O2S/c1-9-2-4-10(5-3-9)19(17,18)16-11(13)6-7-12(16,14)8-15/h2-7,11H,1H3/t11-,12+/m1/s1. The summed E-state index contributed by atoms with van der Waals surface area (Å²) in [6.07, 6.45) is -0.894. The minimum Gasteiger partial charge on any atom is -0.224 e. The fourth-order valence-electron chi connectivity index (χ4n) is 1.76. The lowest BCUT2D eigenvalue weighted by molar-refractivity contribution is 0.0852. The molecule has 19 heavy (non-hydrogen) atoms. The summed E-state index contributed by atoms with van der Waals surface area (Å²) < 4.78 is 52.0. The van der Waals surface area contributed by atoms with Gasteiger partial charge < -0.3 is 0 Å². The first-order valence-corrected chi connectivity index (χ1v) is 6.80. The first-order chi connectivity index (χ1) is 8.81. The van der Waals surface area contributed by atoms with Gasteiger partial charge in [-0.2, -0.15) is 5.26 Å². The van der Waals surface area contributed by atoms with Crippen molar-refractivity contribution < 1.29 is 17.2 Å². The molecule has 2 rings (SSSR count). The first kappa shape index (κ1) is 13.6. The molecule has 1 aromatic carbocycles. The summed E-state index contributed by atoms with van der Waals surface area (Å²) in [5.74, 6) is -3.00. The maximum absolute atomic E-state index is 14.1. The highest BCUT2D eigenvalue weighted by Crippen LogP contribution is 2.35. The number of halogens is 2. The van der Waals surface area contributed by atoms with E-state index in [1.54, 1.807) is 6.92 Å². The van der Waals surface area contributed by atoms with E-state index in [2.05, 4.69) is 0 Å². The molecular weight excluding hydrogens is 274 g/mol. The van der Waals surface area contributed by atoms with E-state index >= 15 is 0 Å². The van der Waals surface area contributed by atoms with Crippen molar-refractivity contribution in [3.63, 3.8) is 0 Å². The Hall–Kier alpha value is -1.78. The van der Waals surface area contributed by atoms with Crippen LogP contribution in [0.1, 0.15) is 5.56 Å². The van der Waals surface area contributed by atoms with Gasteiger partial charge in [0.15, 0.2) is 6.30 Å². The minimum absolute atomic E-state index is 0.0787. The molecule has 2 atom stereocenters. The minimum atomic E-state index is -4.43. The molecule has 1 aromatic rings. The molecule has 0 aromatic heterocycles. The molecule has 0 N–H and O–H groups in total. The Labute approximate surface area is 109 Å².